The number of carbonyl (C=O) groups excluding carboxylic acids is 1. The zero-order valence-corrected chi connectivity index (χ0v) is 17.2. The molecule has 1 aliphatic carbocycles. The van der Waals surface area contributed by atoms with Gasteiger partial charge in [0.05, 0.1) is 11.6 Å². The number of H-pyrrole nitrogens is 1. The maximum Gasteiger partial charge on any atom is 0.421 e. The molecule has 5 nitrogen and oxygen atoms in total. The van der Waals surface area contributed by atoms with E-state index >= 15 is 0 Å². The number of allylic oxidation sites excluding steroid dienone is 1. The van der Waals surface area contributed by atoms with Crippen molar-refractivity contribution in [3.63, 3.8) is 0 Å². The third kappa shape index (κ3) is 5.77. The van der Waals surface area contributed by atoms with Crippen molar-refractivity contribution in [2.24, 2.45) is 5.92 Å². The molecule has 0 spiro atoms. The van der Waals surface area contributed by atoms with Gasteiger partial charge in [0.15, 0.2) is 0 Å². The number of hydrogen-bond acceptors (Lipinski definition) is 4. The Bertz CT molecular complexity index is 1050. The van der Waals surface area contributed by atoms with Crippen molar-refractivity contribution in [1.82, 2.24) is 4.98 Å². The van der Waals surface area contributed by atoms with E-state index < -0.39 is 17.3 Å². The summed E-state index contributed by atoms with van der Waals surface area (Å²) in [5.41, 5.74) is -1.28. The van der Waals surface area contributed by atoms with E-state index in [1.54, 1.807) is 24.3 Å². The average molecular weight is 456 g/mol. The van der Waals surface area contributed by atoms with E-state index in [4.69, 9.17) is 21.4 Å². The highest BCUT2D eigenvalue weighted by Crippen LogP contribution is 2.34. The monoisotopic (exact) mass is 455 g/mol. The molecule has 1 saturated carbocycles. The molecule has 2 aromatic rings. The minimum Gasteiger partial charge on any atom is -0.492 e. The van der Waals surface area contributed by atoms with Crippen molar-refractivity contribution < 1.29 is 27.8 Å². The molecule has 3 rings (SSSR count). The van der Waals surface area contributed by atoms with Crippen LogP contribution in [0.4, 0.5) is 13.2 Å². The zero-order chi connectivity index (χ0) is 22.6. The number of carbonyl (C=O) groups is 1. The molecule has 1 heterocycles. The molecule has 0 amide bonds. The minimum atomic E-state index is -4.76. The quantitative estimate of drug-likeness (QED) is 0.597. The molecule has 1 fully saturated rings. The van der Waals surface area contributed by atoms with Crippen LogP contribution in [0.3, 0.4) is 0 Å². The lowest BCUT2D eigenvalue weighted by molar-refractivity contribution is -0.138. The number of rotatable bonds is 7. The number of aromatic nitrogens is 1. The van der Waals surface area contributed by atoms with Gasteiger partial charge in [0, 0.05) is 37.1 Å². The second kappa shape index (κ2) is 9.70. The molecule has 1 atom stereocenters. The van der Waals surface area contributed by atoms with Crippen molar-refractivity contribution in [1.29, 1.82) is 0 Å². The van der Waals surface area contributed by atoms with Gasteiger partial charge in [0.2, 0.25) is 0 Å². The highest BCUT2D eigenvalue weighted by Gasteiger charge is 2.34. The fourth-order valence-corrected chi connectivity index (χ4v) is 3.68. The van der Waals surface area contributed by atoms with Crippen molar-refractivity contribution in [2.45, 2.75) is 31.9 Å². The molecule has 166 valence electrons. The average Bonchev–Trinajstić information content (AvgIpc) is 3.11. The van der Waals surface area contributed by atoms with E-state index in [2.05, 4.69) is 4.98 Å². The number of ketones is 1. The molecule has 0 bridgehead atoms. The summed E-state index contributed by atoms with van der Waals surface area (Å²) in [4.78, 5) is 26.0. The molecule has 9 heteroatoms. The SMILES string of the molecule is O=C1CC[C@H](C=C(c2ccc(OCCCO)c(Cl)c2)c2ccc(C(F)(F)F)c(=O)[nH]2)C1. The number of nitrogens with one attached hydrogen (secondary N) is 1. The lowest BCUT2D eigenvalue weighted by Gasteiger charge is -2.15. The number of benzene rings is 1. The van der Waals surface area contributed by atoms with Crippen LogP contribution in [0.5, 0.6) is 5.75 Å². The van der Waals surface area contributed by atoms with Gasteiger partial charge < -0.3 is 14.8 Å². The minimum absolute atomic E-state index is 0.0238. The molecule has 0 aliphatic heterocycles. The molecule has 1 aromatic carbocycles. The lowest BCUT2D eigenvalue weighted by Crippen LogP contribution is -2.22. The van der Waals surface area contributed by atoms with Gasteiger partial charge in [0.25, 0.3) is 5.56 Å². The van der Waals surface area contributed by atoms with Gasteiger partial charge in [-0.25, -0.2) is 0 Å². The van der Waals surface area contributed by atoms with Crippen molar-refractivity contribution in [3.05, 3.63) is 68.6 Å². The maximum atomic E-state index is 13.0. The number of Topliss-reactive ketones (excluding diaryl/α,β-unsaturated/α-hetero) is 1. The van der Waals surface area contributed by atoms with Crippen LogP contribution in [0.25, 0.3) is 5.57 Å². The van der Waals surface area contributed by atoms with E-state index in [1.807, 2.05) is 0 Å². The van der Waals surface area contributed by atoms with Crippen LogP contribution in [0.2, 0.25) is 5.02 Å². The molecule has 0 saturated heterocycles. The topological polar surface area (TPSA) is 79.4 Å². The first-order valence-corrected chi connectivity index (χ1v) is 10.1. The second-order valence-corrected chi connectivity index (χ2v) is 7.71. The van der Waals surface area contributed by atoms with Gasteiger partial charge in [-0.2, -0.15) is 13.2 Å². The van der Waals surface area contributed by atoms with E-state index in [-0.39, 0.29) is 35.6 Å². The Labute approximate surface area is 181 Å². The smallest absolute Gasteiger partial charge is 0.421 e. The number of pyridine rings is 1. The van der Waals surface area contributed by atoms with Gasteiger partial charge in [0.1, 0.15) is 17.1 Å². The van der Waals surface area contributed by atoms with Crippen molar-refractivity contribution >= 4 is 23.0 Å². The number of aliphatic hydroxyl groups is 1. The summed E-state index contributed by atoms with van der Waals surface area (Å²) in [5.74, 6) is 0.426. The lowest BCUT2D eigenvalue weighted by atomic mass is 9.95. The standard InChI is InChI=1S/C22H21ClF3NO4/c23-18-12-14(3-7-20(18)31-9-1-8-28)16(11-13-2-4-15(29)10-13)19-6-5-17(21(30)27-19)22(24,25)26/h3,5-7,11-13,28H,1-2,4,8-10H2,(H,27,30)/t13-/m0/s1. The van der Waals surface area contributed by atoms with E-state index in [0.717, 1.165) is 6.07 Å². The van der Waals surface area contributed by atoms with Crippen LogP contribution in [-0.2, 0) is 11.0 Å². The fourth-order valence-electron chi connectivity index (χ4n) is 3.45. The van der Waals surface area contributed by atoms with Crippen LogP contribution >= 0.6 is 11.6 Å². The van der Waals surface area contributed by atoms with Crippen LogP contribution in [0.15, 0.2) is 41.2 Å². The summed E-state index contributed by atoms with van der Waals surface area (Å²) in [6.45, 7) is 0.249. The highest BCUT2D eigenvalue weighted by molar-refractivity contribution is 6.32. The number of aliphatic hydroxyl groups excluding tert-OH is 1. The first kappa shape index (κ1) is 23.1. The third-order valence-corrected chi connectivity index (χ3v) is 5.29. The summed E-state index contributed by atoms with van der Waals surface area (Å²) in [6, 6.07) is 6.83. The van der Waals surface area contributed by atoms with E-state index in [1.165, 1.54) is 6.07 Å². The Morgan fingerprint density at radius 1 is 1.26 bits per heavy atom. The van der Waals surface area contributed by atoms with Crippen LogP contribution in [0.1, 0.15) is 42.5 Å². The van der Waals surface area contributed by atoms with Crippen LogP contribution in [-0.4, -0.2) is 29.1 Å². The predicted molar refractivity (Wildman–Crippen MR) is 110 cm³/mol. The maximum absolute atomic E-state index is 13.0. The second-order valence-electron chi connectivity index (χ2n) is 7.31. The number of alkyl halides is 3. The molecule has 31 heavy (non-hydrogen) atoms. The van der Waals surface area contributed by atoms with E-state index in [9.17, 15) is 22.8 Å². The Hall–Kier alpha value is -2.58. The number of halogens is 4. The first-order chi connectivity index (χ1) is 14.7. The predicted octanol–water partition coefficient (Wildman–Crippen LogP) is 4.61. The molecule has 1 aliphatic rings. The molecule has 0 radical (unpaired) electrons. The largest absolute Gasteiger partial charge is 0.492 e. The molecule has 1 aromatic heterocycles. The summed E-state index contributed by atoms with van der Waals surface area (Å²) >= 11 is 6.31. The Kier molecular flexibility index (Phi) is 7.23. The number of aromatic amines is 1. The number of hydrogen-bond donors (Lipinski definition) is 2. The van der Waals surface area contributed by atoms with Gasteiger partial charge in [-0.15, -0.1) is 0 Å². The third-order valence-electron chi connectivity index (χ3n) is 4.99. The van der Waals surface area contributed by atoms with Crippen molar-refractivity contribution in [3.8, 4) is 5.75 Å². The Morgan fingerprint density at radius 3 is 2.61 bits per heavy atom. The Morgan fingerprint density at radius 2 is 2.03 bits per heavy atom. The Balaban J connectivity index is 2.01. The summed E-state index contributed by atoms with van der Waals surface area (Å²) < 4.78 is 44.4. The molecular formula is C22H21ClF3NO4. The highest BCUT2D eigenvalue weighted by atomic mass is 35.5. The van der Waals surface area contributed by atoms with Crippen LogP contribution < -0.4 is 10.3 Å². The fraction of sp³-hybridized carbons (Fsp3) is 0.364. The van der Waals surface area contributed by atoms with Crippen molar-refractivity contribution in [2.75, 3.05) is 13.2 Å². The van der Waals surface area contributed by atoms with Gasteiger partial charge >= 0.3 is 6.18 Å². The first-order valence-electron chi connectivity index (χ1n) is 9.77. The summed E-state index contributed by atoms with van der Waals surface area (Å²) in [7, 11) is 0. The van der Waals surface area contributed by atoms with Gasteiger partial charge in [-0.3, -0.25) is 9.59 Å². The zero-order valence-electron chi connectivity index (χ0n) is 16.5. The van der Waals surface area contributed by atoms with Crippen LogP contribution in [0, 0.1) is 5.92 Å². The number of ether oxygens (including phenoxy) is 1. The van der Waals surface area contributed by atoms with Gasteiger partial charge in [-0.05, 0) is 42.2 Å². The summed E-state index contributed by atoms with van der Waals surface area (Å²) in [6.07, 6.45) is -1.12. The van der Waals surface area contributed by atoms with Gasteiger partial charge in [-0.1, -0.05) is 23.7 Å². The molecule has 2 N–H and O–H groups in total. The normalized spacial score (nSPS) is 17.3. The molecule has 0 unspecified atom stereocenters. The molecular weight excluding hydrogens is 435 g/mol. The van der Waals surface area contributed by atoms with E-state index in [0.29, 0.717) is 42.6 Å². The summed E-state index contributed by atoms with van der Waals surface area (Å²) in [5, 5.41) is 9.14.